The molecule has 0 saturated heterocycles. The fourth-order valence-electron chi connectivity index (χ4n) is 1.81. The second-order valence-corrected chi connectivity index (χ2v) is 6.35. The van der Waals surface area contributed by atoms with E-state index in [-0.39, 0.29) is 5.91 Å². The minimum atomic E-state index is -0.133. The van der Waals surface area contributed by atoms with Gasteiger partial charge in [-0.3, -0.25) is 4.79 Å². The van der Waals surface area contributed by atoms with Crippen LogP contribution in [0.15, 0.2) is 58.0 Å². The topological polar surface area (TPSA) is 46.9 Å². The summed E-state index contributed by atoms with van der Waals surface area (Å²) < 4.78 is 2.65. The number of halogens is 1. The summed E-state index contributed by atoms with van der Waals surface area (Å²) in [6.45, 7) is 0. The molecule has 20 heavy (non-hydrogen) atoms. The van der Waals surface area contributed by atoms with Crippen molar-refractivity contribution in [3.8, 4) is 5.69 Å². The third-order valence-electron chi connectivity index (χ3n) is 2.73. The summed E-state index contributed by atoms with van der Waals surface area (Å²) in [5.74, 6) is -0.133. The van der Waals surface area contributed by atoms with Gasteiger partial charge >= 0.3 is 0 Å². The van der Waals surface area contributed by atoms with Crippen molar-refractivity contribution in [2.24, 2.45) is 0 Å². The molecule has 0 aliphatic carbocycles. The molecule has 1 aromatic carbocycles. The molecule has 1 N–H and O–H groups in total. The van der Waals surface area contributed by atoms with Crippen molar-refractivity contribution in [1.82, 2.24) is 9.78 Å². The van der Waals surface area contributed by atoms with E-state index in [0.29, 0.717) is 5.56 Å². The van der Waals surface area contributed by atoms with Crippen LogP contribution in [-0.2, 0) is 0 Å². The van der Waals surface area contributed by atoms with Gasteiger partial charge in [-0.25, -0.2) is 4.68 Å². The Kier molecular flexibility index (Phi) is 3.66. The lowest BCUT2D eigenvalue weighted by Gasteiger charge is -2.10. The molecule has 0 aliphatic rings. The zero-order valence-corrected chi connectivity index (χ0v) is 12.7. The van der Waals surface area contributed by atoms with E-state index in [2.05, 4.69) is 26.3 Å². The van der Waals surface area contributed by atoms with Gasteiger partial charge in [-0.2, -0.15) is 5.10 Å². The average Bonchev–Trinajstić information content (AvgIpc) is 3.10. The number of thiophene rings is 1. The van der Waals surface area contributed by atoms with E-state index < -0.39 is 0 Å². The van der Waals surface area contributed by atoms with E-state index in [1.165, 1.54) is 11.3 Å². The van der Waals surface area contributed by atoms with Crippen LogP contribution in [0.3, 0.4) is 0 Å². The van der Waals surface area contributed by atoms with E-state index >= 15 is 0 Å². The van der Waals surface area contributed by atoms with Gasteiger partial charge in [-0.05, 0) is 40.2 Å². The molecule has 4 nitrogen and oxygen atoms in total. The van der Waals surface area contributed by atoms with Crippen LogP contribution < -0.4 is 5.32 Å². The Balaban J connectivity index is 1.90. The number of benzene rings is 1. The predicted octanol–water partition coefficient (Wildman–Crippen LogP) is 3.95. The van der Waals surface area contributed by atoms with Crippen molar-refractivity contribution in [2.75, 3.05) is 5.32 Å². The van der Waals surface area contributed by atoms with Crippen LogP contribution >= 0.6 is 27.3 Å². The number of hydrogen-bond donors (Lipinski definition) is 1. The molecular formula is C14H10BrN3OS. The number of amides is 1. The lowest BCUT2D eigenvalue weighted by atomic mass is 10.2. The van der Waals surface area contributed by atoms with Crippen molar-refractivity contribution >= 4 is 38.9 Å². The molecule has 0 aliphatic heterocycles. The zero-order valence-electron chi connectivity index (χ0n) is 10.3. The van der Waals surface area contributed by atoms with Gasteiger partial charge in [0.2, 0.25) is 0 Å². The van der Waals surface area contributed by atoms with Crippen molar-refractivity contribution in [1.29, 1.82) is 0 Å². The van der Waals surface area contributed by atoms with Crippen molar-refractivity contribution in [3.63, 3.8) is 0 Å². The molecule has 3 rings (SSSR count). The number of carbonyl (C=O) groups excluding carboxylic acids is 1. The van der Waals surface area contributed by atoms with Crippen LogP contribution in [0.1, 0.15) is 10.4 Å². The summed E-state index contributed by atoms with van der Waals surface area (Å²) in [6, 6.07) is 11.2. The van der Waals surface area contributed by atoms with E-state index in [9.17, 15) is 4.79 Å². The number of hydrogen-bond acceptors (Lipinski definition) is 3. The summed E-state index contributed by atoms with van der Waals surface area (Å²) >= 11 is 4.84. The number of nitrogens with zero attached hydrogens (tertiary/aromatic N) is 2. The predicted molar refractivity (Wildman–Crippen MR) is 83.5 cm³/mol. The Hall–Kier alpha value is -1.92. The number of para-hydroxylation sites is 2. The monoisotopic (exact) mass is 347 g/mol. The van der Waals surface area contributed by atoms with Crippen LogP contribution in [0.25, 0.3) is 5.69 Å². The molecule has 2 heterocycles. The first-order valence-corrected chi connectivity index (χ1v) is 7.56. The van der Waals surface area contributed by atoms with Gasteiger partial charge in [-0.1, -0.05) is 12.1 Å². The Morgan fingerprint density at radius 1 is 1.30 bits per heavy atom. The first-order chi connectivity index (χ1) is 9.74. The highest BCUT2D eigenvalue weighted by Crippen LogP contribution is 2.23. The number of anilines is 1. The molecule has 0 atom stereocenters. The molecule has 0 fully saturated rings. The SMILES string of the molecule is O=C(Nc1ccccc1-n1cccn1)c1csc(Br)c1. The van der Waals surface area contributed by atoms with Gasteiger partial charge in [0.25, 0.3) is 5.91 Å². The Bertz CT molecular complexity index is 736. The highest BCUT2D eigenvalue weighted by atomic mass is 79.9. The molecule has 6 heteroatoms. The number of nitrogens with one attached hydrogen (secondary N) is 1. The second kappa shape index (κ2) is 5.60. The molecule has 100 valence electrons. The van der Waals surface area contributed by atoms with Crippen molar-refractivity contribution < 1.29 is 4.79 Å². The standard InChI is InChI=1S/C14H10BrN3OS/c15-13-8-10(9-20-13)14(19)17-11-4-1-2-5-12(11)18-7-3-6-16-18/h1-9H,(H,17,19). The van der Waals surface area contributed by atoms with Gasteiger partial charge in [0.1, 0.15) is 0 Å². The van der Waals surface area contributed by atoms with Gasteiger partial charge in [-0.15, -0.1) is 11.3 Å². The highest BCUT2D eigenvalue weighted by Gasteiger charge is 2.11. The van der Waals surface area contributed by atoms with Crippen molar-refractivity contribution in [2.45, 2.75) is 0 Å². The number of aromatic nitrogens is 2. The maximum absolute atomic E-state index is 12.2. The lowest BCUT2D eigenvalue weighted by molar-refractivity contribution is 0.102. The summed E-state index contributed by atoms with van der Waals surface area (Å²) in [5.41, 5.74) is 2.20. The Labute approximate surface area is 128 Å². The maximum Gasteiger partial charge on any atom is 0.256 e. The van der Waals surface area contributed by atoms with Gasteiger partial charge in [0.05, 0.1) is 20.7 Å². The summed E-state index contributed by atoms with van der Waals surface area (Å²) in [5, 5.41) is 8.92. The normalized spacial score (nSPS) is 10.4. The minimum absolute atomic E-state index is 0.133. The Morgan fingerprint density at radius 3 is 2.85 bits per heavy atom. The Morgan fingerprint density at radius 2 is 2.15 bits per heavy atom. The molecule has 0 bridgehead atoms. The van der Waals surface area contributed by atoms with Crippen molar-refractivity contribution in [3.05, 3.63) is 63.5 Å². The molecule has 0 radical (unpaired) electrons. The largest absolute Gasteiger partial charge is 0.320 e. The smallest absolute Gasteiger partial charge is 0.256 e. The van der Waals surface area contributed by atoms with Gasteiger partial charge in [0.15, 0.2) is 0 Å². The van der Waals surface area contributed by atoms with Crippen LogP contribution in [0.5, 0.6) is 0 Å². The molecule has 0 spiro atoms. The molecule has 0 unspecified atom stereocenters. The molecule has 1 amide bonds. The fraction of sp³-hybridized carbons (Fsp3) is 0. The van der Waals surface area contributed by atoms with Gasteiger partial charge in [0, 0.05) is 17.8 Å². The van der Waals surface area contributed by atoms with E-state index in [1.807, 2.05) is 41.9 Å². The minimum Gasteiger partial charge on any atom is -0.320 e. The molecular weight excluding hydrogens is 338 g/mol. The highest BCUT2D eigenvalue weighted by molar-refractivity contribution is 9.11. The zero-order chi connectivity index (χ0) is 13.9. The maximum atomic E-state index is 12.2. The van der Waals surface area contributed by atoms with Gasteiger partial charge < -0.3 is 5.32 Å². The molecule has 3 aromatic rings. The van der Waals surface area contributed by atoms with Crippen LogP contribution in [0.4, 0.5) is 5.69 Å². The van der Waals surface area contributed by atoms with Crippen LogP contribution in [0, 0.1) is 0 Å². The van der Waals surface area contributed by atoms with Crippen LogP contribution in [-0.4, -0.2) is 15.7 Å². The third kappa shape index (κ3) is 2.66. The summed E-state index contributed by atoms with van der Waals surface area (Å²) in [7, 11) is 0. The summed E-state index contributed by atoms with van der Waals surface area (Å²) in [4.78, 5) is 12.2. The lowest BCUT2D eigenvalue weighted by Crippen LogP contribution is -2.13. The number of rotatable bonds is 3. The summed E-state index contributed by atoms with van der Waals surface area (Å²) in [6.07, 6.45) is 3.54. The van der Waals surface area contributed by atoms with Crippen LogP contribution in [0.2, 0.25) is 0 Å². The van der Waals surface area contributed by atoms with E-state index in [4.69, 9.17) is 0 Å². The first kappa shape index (κ1) is 13.1. The average molecular weight is 348 g/mol. The molecule has 0 saturated carbocycles. The van der Waals surface area contributed by atoms with E-state index in [1.54, 1.807) is 16.9 Å². The first-order valence-electron chi connectivity index (χ1n) is 5.88. The number of carbonyl (C=O) groups is 1. The van der Waals surface area contributed by atoms with E-state index in [0.717, 1.165) is 15.2 Å². The fourth-order valence-corrected chi connectivity index (χ4v) is 2.95. The quantitative estimate of drug-likeness (QED) is 0.779. The second-order valence-electron chi connectivity index (χ2n) is 4.06. The third-order valence-corrected chi connectivity index (χ3v) is 4.24. The molecule has 2 aromatic heterocycles.